The monoisotopic (exact) mass is 437 g/mol. The van der Waals surface area contributed by atoms with E-state index in [1.807, 2.05) is 6.07 Å². The summed E-state index contributed by atoms with van der Waals surface area (Å²) in [6.45, 7) is 0.601. The molecule has 0 spiro atoms. The molecule has 4 rings (SSSR count). The van der Waals surface area contributed by atoms with Crippen molar-refractivity contribution in [1.29, 1.82) is 0 Å². The molecule has 1 aliphatic rings. The van der Waals surface area contributed by atoms with Crippen molar-refractivity contribution >= 4 is 46.9 Å². The van der Waals surface area contributed by atoms with E-state index >= 15 is 0 Å². The van der Waals surface area contributed by atoms with Gasteiger partial charge in [0.2, 0.25) is 0 Å². The number of hydrogen-bond donors (Lipinski definition) is 2. The Morgan fingerprint density at radius 3 is 2.84 bits per heavy atom. The molecule has 1 unspecified atom stereocenters. The molecule has 0 aliphatic carbocycles. The number of nitrogens with one attached hydrogen (secondary N) is 2. The molecule has 3 aromatic rings. The zero-order valence-electron chi connectivity index (χ0n) is 16.6. The molecule has 158 valence electrons. The summed E-state index contributed by atoms with van der Waals surface area (Å²) in [6, 6.07) is 10.0. The molecule has 2 heterocycles. The van der Waals surface area contributed by atoms with E-state index < -0.39 is 6.04 Å². The van der Waals surface area contributed by atoms with Crippen LogP contribution in [0, 0.1) is 0 Å². The fourth-order valence-electron chi connectivity index (χ4n) is 3.87. The number of benzene rings is 2. The van der Waals surface area contributed by atoms with Crippen LogP contribution in [0.2, 0.25) is 5.02 Å². The largest absolute Gasteiger partial charge is 0.360 e. The van der Waals surface area contributed by atoms with E-state index in [-0.39, 0.29) is 18.2 Å². The number of hydrogen-bond acceptors (Lipinski definition) is 4. The Kier molecular flexibility index (Phi) is 5.86. The quantitative estimate of drug-likeness (QED) is 0.528. The summed E-state index contributed by atoms with van der Waals surface area (Å²) in [5.41, 5.74) is 3.50. The zero-order chi connectivity index (χ0) is 22.0. The number of rotatable bonds is 8. The standard InChI is InChI=1S/C23H20ClN3O4/c24-16-4-6-19-20(11-25-21(19)9-16)22(30)26-10-14-3-5-18-15(8-14)12-27(23(18)31)17(13-29)2-1-7-28/h3-9,11,13,17,25H,1-2,10,12H2,(H,26,30). The molecular formula is C23H20ClN3O4. The molecule has 0 radical (unpaired) electrons. The fraction of sp³-hybridized carbons (Fsp3) is 0.217. The number of fused-ring (bicyclic) bond motifs is 2. The fourth-order valence-corrected chi connectivity index (χ4v) is 4.05. The molecule has 0 bridgehead atoms. The van der Waals surface area contributed by atoms with Gasteiger partial charge in [0, 0.05) is 47.2 Å². The molecule has 0 fully saturated rings. The first kappa shape index (κ1) is 20.8. The van der Waals surface area contributed by atoms with Crippen LogP contribution in [0.3, 0.4) is 0 Å². The van der Waals surface area contributed by atoms with Gasteiger partial charge in [0.1, 0.15) is 12.6 Å². The maximum atomic E-state index is 12.7. The van der Waals surface area contributed by atoms with E-state index in [0.717, 1.165) is 28.3 Å². The molecule has 1 aromatic heterocycles. The highest BCUT2D eigenvalue weighted by Gasteiger charge is 2.32. The van der Waals surface area contributed by atoms with Crippen LogP contribution in [-0.2, 0) is 22.7 Å². The first-order valence-electron chi connectivity index (χ1n) is 9.88. The van der Waals surface area contributed by atoms with Crippen LogP contribution in [-0.4, -0.2) is 40.3 Å². The normalized spacial score (nSPS) is 13.8. The maximum absolute atomic E-state index is 12.7. The molecule has 2 amide bonds. The van der Waals surface area contributed by atoms with Gasteiger partial charge in [-0.25, -0.2) is 0 Å². The van der Waals surface area contributed by atoms with Gasteiger partial charge in [-0.3, -0.25) is 9.59 Å². The third kappa shape index (κ3) is 4.09. The minimum atomic E-state index is -0.622. The van der Waals surface area contributed by atoms with Gasteiger partial charge >= 0.3 is 0 Å². The third-order valence-electron chi connectivity index (χ3n) is 5.48. The van der Waals surface area contributed by atoms with Gasteiger partial charge in [-0.1, -0.05) is 29.8 Å². The van der Waals surface area contributed by atoms with Gasteiger partial charge in [-0.2, -0.15) is 0 Å². The first-order valence-corrected chi connectivity index (χ1v) is 10.3. The Hall–Kier alpha value is -3.45. The molecule has 2 aromatic carbocycles. The summed E-state index contributed by atoms with van der Waals surface area (Å²) in [5.74, 6) is -0.437. The summed E-state index contributed by atoms with van der Waals surface area (Å²) in [7, 11) is 0. The lowest BCUT2D eigenvalue weighted by Gasteiger charge is -2.22. The van der Waals surface area contributed by atoms with Crippen LogP contribution >= 0.6 is 11.6 Å². The van der Waals surface area contributed by atoms with E-state index in [4.69, 9.17) is 11.6 Å². The average molecular weight is 438 g/mol. The van der Waals surface area contributed by atoms with Crippen LogP contribution in [0.4, 0.5) is 0 Å². The van der Waals surface area contributed by atoms with Gasteiger partial charge in [0.05, 0.1) is 11.6 Å². The highest BCUT2D eigenvalue weighted by molar-refractivity contribution is 6.31. The van der Waals surface area contributed by atoms with E-state index in [1.54, 1.807) is 36.5 Å². The predicted molar refractivity (Wildman–Crippen MR) is 116 cm³/mol. The number of carbonyl (C=O) groups excluding carboxylic acids is 4. The van der Waals surface area contributed by atoms with Crippen molar-refractivity contribution in [2.45, 2.75) is 32.0 Å². The van der Waals surface area contributed by atoms with Crippen molar-refractivity contribution < 1.29 is 19.2 Å². The van der Waals surface area contributed by atoms with Crippen LogP contribution in [0.15, 0.2) is 42.6 Å². The molecule has 31 heavy (non-hydrogen) atoms. The van der Waals surface area contributed by atoms with Crippen molar-refractivity contribution in [3.63, 3.8) is 0 Å². The highest BCUT2D eigenvalue weighted by atomic mass is 35.5. The number of carbonyl (C=O) groups is 4. The van der Waals surface area contributed by atoms with Gasteiger partial charge in [-0.05, 0) is 35.7 Å². The van der Waals surface area contributed by atoms with Gasteiger partial charge in [0.15, 0.2) is 0 Å². The number of aromatic amines is 1. The van der Waals surface area contributed by atoms with Gasteiger partial charge in [-0.15, -0.1) is 0 Å². The molecule has 1 atom stereocenters. The minimum absolute atomic E-state index is 0.217. The highest BCUT2D eigenvalue weighted by Crippen LogP contribution is 2.27. The van der Waals surface area contributed by atoms with Crippen LogP contribution in [0.1, 0.15) is 44.7 Å². The molecule has 8 heteroatoms. The molecule has 0 saturated heterocycles. The number of nitrogens with zero attached hydrogens (tertiary/aromatic N) is 1. The molecule has 0 saturated carbocycles. The smallest absolute Gasteiger partial charge is 0.255 e. The zero-order valence-corrected chi connectivity index (χ0v) is 17.3. The van der Waals surface area contributed by atoms with E-state index in [0.29, 0.717) is 41.9 Å². The Morgan fingerprint density at radius 1 is 1.23 bits per heavy atom. The van der Waals surface area contributed by atoms with Crippen molar-refractivity contribution in [3.05, 3.63) is 69.9 Å². The molecule has 7 nitrogen and oxygen atoms in total. The maximum Gasteiger partial charge on any atom is 0.255 e. The summed E-state index contributed by atoms with van der Waals surface area (Å²) >= 11 is 5.99. The van der Waals surface area contributed by atoms with Crippen molar-refractivity contribution in [1.82, 2.24) is 15.2 Å². The number of halogens is 1. The van der Waals surface area contributed by atoms with E-state index in [9.17, 15) is 19.2 Å². The Balaban J connectivity index is 1.45. The average Bonchev–Trinajstić information content (AvgIpc) is 3.33. The Bertz CT molecular complexity index is 1190. The molecule has 2 N–H and O–H groups in total. The summed E-state index contributed by atoms with van der Waals surface area (Å²) < 4.78 is 0. The number of aromatic nitrogens is 1. The van der Waals surface area contributed by atoms with Gasteiger partial charge in [0.25, 0.3) is 11.8 Å². The molecule has 1 aliphatic heterocycles. The SMILES string of the molecule is O=CCCC(C=O)N1Cc2cc(CNC(=O)c3c[nH]c4cc(Cl)ccc34)ccc2C1=O. The second kappa shape index (κ2) is 8.73. The number of aldehydes is 2. The number of H-pyrrole nitrogens is 1. The Morgan fingerprint density at radius 2 is 2.06 bits per heavy atom. The lowest BCUT2D eigenvalue weighted by Crippen LogP contribution is -2.36. The number of amides is 2. The lowest BCUT2D eigenvalue weighted by atomic mass is 10.1. The summed E-state index contributed by atoms with van der Waals surface area (Å²) in [6.07, 6.45) is 3.64. The van der Waals surface area contributed by atoms with Crippen LogP contribution in [0.5, 0.6) is 0 Å². The Labute approximate surface area is 183 Å². The topological polar surface area (TPSA) is 99.3 Å². The minimum Gasteiger partial charge on any atom is -0.360 e. The van der Waals surface area contributed by atoms with Crippen LogP contribution < -0.4 is 5.32 Å². The van der Waals surface area contributed by atoms with Crippen molar-refractivity contribution in [2.75, 3.05) is 0 Å². The second-order valence-corrected chi connectivity index (χ2v) is 7.88. The van der Waals surface area contributed by atoms with Gasteiger partial charge < -0.3 is 24.8 Å². The van der Waals surface area contributed by atoms with Crippen molar-refractivity contribution in [3.8, 4) is 0 Å². The lowest BCUT2D eigenvalue weighted by molar-refractivity contribution is -0.112. The van der Waals surface area contributed by atoms with E-state index in [1.165, 1.54) is 4.90 Å². The molecular weight excluding hydrogens is 418 g/mol. The summed E-state index contributed by atoms with van der Waals surface area (Å²) in [4.78, 5) is 51.8. The first-order chi connectivity index (χ1) is 15.0. The second-order valence-electron chi connectivity index (χ2n) is 7.45. The predicted octanol–water partition coefficient (Wildman–Crippen LogP) is 3.25. The third-order valence-corrected chi connectivity index (χ3v) is 5.72. The van der Waals surface area contributed by atoms with E-state index in [2.05, 4.69) is 10.3 Å². The van der Waals surface area contributed by atoms with Crippen molar-refractivity contribution in [2.24, 2.45) is 0 Å². The van der Waals surface area contributed by atoms with Crippen LogP contribution in [0.25, 0.3) is 10.9 Å². The summed E-state index contributed by atoms with van der Waals surface area (Å²) in [5, 5.41) is 4.27.